The fraction of sp³-hybridized carbons (Fsp3) is 0.333. The van der Waals surface area contributed by atoms with E-state index >= 15 is 0 Å². The summed E-state index contributed by atoms with van der Waals surface area (Å²) in [5.41, 5.74) is 14.9. The highest BCUT2D eigenvalue weighted by Crippen LogP contribution is 2.39. The van der Waals surface area contributed by atoms with Crippen LogP contribution in [-0.2, 0) is 14.9 Å². The van der Waals surface area contributed by atoms with E-state index in [2.05, 4.69) is 35.5 Å². The summed E-state index contributed by atoms with van der Waals surface area (Å²) in [6.07, 6.45) is 1.90. The number of nitrogens with one attached hydrogen (secondary N) is 2. The molecule has 1 amide bonds. The van der Waals surface area contributed by atoms with Gasteiger partial charge in [-0.25, -0.2) is 10.6 Å². The van der Waals surface area contributed by atoms with Gasteiger partial charge < -0.3 is 31.0 Å². The van der Waals surface area contributed by atoms with Crippen LogP contribution in [0.5, 0.6) is 5.75 Å². The molecule has 0 heterocycles. The zero-order valence-electron chi connectivity index (χ0n) is 21.1. The first-order valence-corrected chi connectivity index (χ1v) is 11.9. The Balaban J connectivity index is 2.50. The Hall–Kier alpha value is -3.57. The van der Waals surface area contributed by atoms with Crippen LogP contribution >= 0.6 is 11.9 Å². The number of amides is 1. The molecule has 0 unspecified atom stereocenters. The number of methoxy groups -OCH3 is 2. The number of aryl methyl sites for hydroxylation is 1. The topological polar surface area (TPSA) is 158 Å². The van der Waals surface area contributed by atoms with Crippen LogP contribution in [-0.4, -0.2) is 32.4 Å². The number of esters is 1. The van der Waals surface area contributed by atoms with E-state index in [1.807, 2.05) is 18.4 Å². The lowest BCUT2D eigenvalue weighted by molar-refractivity contribution is -0.136. The second kappa shape index (κ2) is 11.2. The smallest absolute Gasteiger partial charge is 0.357 e. The zero-order valence-corrected chi connectivity index (χ0v) is 21.9. The summed E-state index contributed by atoms with van der Waals surface area (Å²) in [5, 5.41) is 3.98. The van der Waals surface area contributed by atoms with Gasteiger partial charge in [-0.2, -0.15) is 0 Å². The van der Waals surface area contributed by atoms with E-state index in [4.69, 9.17) is 22.0 Å². The van der Waals surface area contributed by atoms with Gasteiger partial charge in [-0.15, -0.1) is 0 Å². The van der Waals surface area contributed by atoms with Crippen LogP contribution in [0.25, 0.3) is 0 Å². The molecule has 0 saturated heterocycles. The van der Waals surface area contributed by atoms with Crippen molar-refractivity contribution in [2.75, 3.05) is 35.5 Å². The summed E-state index contributed by atoms with van der Waals surface area (Å²) in [7, 11) is 2.73. The molecule has 2 aromatic rings. The number of ether oxygens (including phenoxy) is 2. The second-order valence-electron chi connectivity index (χ2n) is 8.78. The van der Waals surface area contributed by atoms with Gasteiger partial charge in [0, 0.05) is 11.8 Å². The van der Waals surface area contributed by atoms with E-state index in [-0.39, 0.29) is 22.8 Å². The number of carbonyl (C=O) groups excluding carboxylic acids is 2. The standard InChI is InChI=1S/C24H34N6O4S/c1-13-8-9-14(10-18(13)30(27)21(26)19(25)23(32)34-6)22(31)28-16-11-15(24(2,3)4)12-17(29-35-7)20(16)33-5/h8-12,29H,25-27H2,1-7H3,(H,28,31)/b21-19-. The first-order valence-electron chi connectivity index (χ1n) is 10.7. The van der Waals surface area contributed by atoms with Gasteiger partial charge >= 0.3 is 5.97 Å². The first kappa shape index (κ1) is 27.7. The number of rotatable bonds is 8. The second-order valence-corrected chi connectivity index (χ2v) is 9.39. The Morgan fingerprint density at radius 2 is 1.69 bits per heavy atom. The summed E-state index contributed by atoms with van der Waals surface area (Å²) in [4.78, 5) is 25.0. The largest absolute Gasteiger partial charge is 0.492 e. The average Bonchev–Trinajstić information content (AvgIpc) is 2.81. The van der Waals surface area contributed by atoms with Crippen LogP contribution in [0.2, 0.25) is 0 Å². The molecule has 11 heteroatoms. The molecule has 2 aromatic carbocycles. The molecule has 0 aromatic heterocycles. The summed E-state index contributed by atoms with van der Waals surface area (Å²) in [6.45, 7) is 8.05. The average molecular weight is 503 g/mol. The van der Waals surface area contributed by atoms with E-state index in [1.165, 1.54) is 19.1 Å². The van der Waals surface area contributed by atoms with Gasteiger partial charge in [0.05, 0.1) is 31.3 Å². The predicted octanol–water partition coefficient (Wildman–Crippen LogP) is 3.18. The van der Waals surface area contributed by atoms with Gasteiger partial charge in [0.2, 0.25) is 0 Å². The highest BCUT2D eigenvalue weighted by atomic mass is 32.2. The van der Waals surface area contributed by atoms with Gasteiger partial charge in [0.1, 0.15) is 5.82 Å². The monoisotopic (exact) mass is 502 g/mol. The molecular formula is C24H34N6O4S. The van der Waals surface area contributed by atoms with Gasteiger partial charge in [0.15, 0.2) is 11.4 Å². The SMILES string of the molecule is COC(=O)/C(N)=C(\N)N(N)c1cc(C(=O)Nc2cc(C(C)(C)C)cc(NSC)c2OC)ccc1C. The summed E-state index contributed by atoms with van der Waals surface area (Å²) >= 11 is 1.42. The third-order valence-electron chi connectivity index (χ3n) is 5.29. The lowest BCUT2D eigenvalue weighted by Gasteiger charge is -2.24. The van der Waals surface area contributed by atoms with E-state index in [0.29, 0.717) is 28.3 Å². The molecule has 0 saturated carbocycles. The van der Waals surface area contributed by atoms with Crippen LogP contribution in [0.3, 0.4) is 0 Å². The highest BCUT2D eigenvalue weighted by molar-refractivity contribution is 7.99. The normalized spacial score (nSPS) is 11.9. The molecule has 35 heavy (non-hydrogen) atoms. The molecule has 190 valence electrons. The quantitative estimate of drug-likeness (QED) is 0.119. The van der Waals surface area contributed by atoms with Crippen molar-refractivity contribution >= 4 is 40.9 Å². The molecule has 8 N–H and O–H groups in total. The lowest BCUT2D eigenvalue weighted by Crippen LogP contribution is -2.39. The third-order valence-corrected chi connectivity index (χ3v) is 5.71. The fourth-order valence-corrected chi connectivity index (χ4v) is 3.61. The number of benzene rings is 2. The van der Waals surface area contributed by atoms with Crippen LogP contribution in [0.1, 0.15) is 42.3 Å². The van der Waals surface area contributed by atoms with E-state index < -0.39 is 5.97 Å². The number of nitrogens with zero attached hydrogens (tertiary/aromatic N) is 1. The van der Waals surface area contributed by atoms with Crippen molar-refractivity contribution in [3.05, 3.63) is 58.5 Å². The molecule has 0 aliphatic rings. The number of hydrogen-bond donors (Lipinski definition) is 5. The number of nitrogens with two attached hydrogens (primary N) is 3. The molecule has 0 radical (unpaired) electrons. The minimum absolute atomic E-state index is 0.166. The third kappa shape index (κ3) is 6.31. The molecule has 0 bridgehead atoms. The van der Waals surface area contributed by atoms with E-state index in [0.717, 1.165) is 16.3 Å². The van der Waals surface area contributed by atoms with Crippen molar-refractivity contribution in [1.82, 2.24) is 0 Å². The molecular weight excluding hydrogens is 468 g/mol. The minimum Gasteiger partial charge on any atom is -0.492 e. The first-order chi connectivity index (χ1) is 16.3. The molecule has 0 aliphatic heterocycles. The number of anilines is 3. The molecule has 0 aliphatic carbocycles. The van der Waals surface area contributed by atoms with Crippen LogP contribution in [0, 0.1) is 6.92 Å². The van der Waals surface area contributed by atoms with Gasteiger partial charge in [-0.3, -0.25) is 9.80 Å². The van der Waals surface area contributed by atoms with E-state index in [1.54, 1.807) is 32.2 Å². The Morgan fingerprint density at radius 1 is 1.06 bits per heavy atom. The predicted molar refractivity (Wildman–Crippen MR) is 142 cm³/mol. The van der Waals surface area contributed by atoms with Crippen molar-refractivity contribution in [3.63, 3.8) is 0 Å². The molecule has 0 atom stereocenters. The lowest BCUT2D eigenvalue weighted by atomic mass is 9.86. The molecule has 10 nitrogen and oxygen atoms in total. The van der Waals surface area contributed by atoms with Crippen molar-refractivity contribution < 1.29 is 19.1 Å². The Labute approximate surface area is 210 Å². The Bertz CT molecular complexity index is 1140. The Kier molecular flexibility index (Phi) is 8.88. The number of carbonyl (C=O) groups is 2. The van der Waals surface area contributed by atoms with Crippen LogP contribution in [0.4, 0.5) is 17.1 Å². The Morgan fingerprint density at radius 3 is 2.23 bits per heavy atom. The van der Waals surface area contributed by atoms with Crippen molar-refractivity contribution in [1.29, 1.82) is 0 Å². The maximum absolute atomic E-state index is 13.3. The van der Waals surface area contributed by atoms with Gasteiger partial charge in [0.25, 0.3) is 5.91 Å². The van der Waals surface area contributed by atoms with Crippen molar-refractivity contribution in [2.45, 2.75) is 33.1 Å². The highest BCUT2D eigenvalue weighted by Gasteiger charge is 2.22. The minimum atomic E-state index is -0.815. The van der Waals surface area contributed by atoms with Crippen molar-refractivity contribution in [2.24, 2.45) is 17.3 Å². The summed E-state index contributed by atoms with van der Waals surface area (Å²) < 4.78 is 13.4. The maximum atomic E-state index is 13.3. The van der Waals surface area contributed by atoms with E-state index in [9.17, 15) is 9.59 Å². The summed E-state index contributed by atoms with van der Waals surface area (Å²) in [6, 6.07) is 8.83. The molecule has 0 fully saturated rings. The molecule has 0 spiro atoms. The maximum Gasteiger partial charge on any atom is 0.357 e. The number of hydrogen-bond acceptors (Lipinski definition) is 10. The number of hydrazine groups is 1. The summed E-state index contributed by atoms with van der Waals surface area (Å²) in [5.74, 6) is 5.22. The van der Waals surface area contributed by atoms with Gasteiger partial charge in [-0.1, -0.05) is 38.8 Å². The van der Waals surface area contributed by atoms with Crippen LogP contribution in [0.15, 0.2) is 41.8 Å². The fourth-order valence-electron chi connectivity index (χ4n) is 3.24. The molecule has 2 rings (SSSR count). The van der Waals surface area contributed by atoms with Gasteiger partial charge in [-0.05, 0) is 47.7 Å². The zero-order chi connectivity index (χ0) is 26.5. The van der Waals surface area contributed by atoms with Crippen molar-refractivity contribution in [3.8, 4) is 5.75 Å². The van der Waals surface area contributed by atoms with Crippen LogP contribution < -0.4 is 37.1 Å².